The van der Waals surface area contributed by atoms with Crippen molar-refractivity contribution in [1.29, 1.82) is 0 Å². The summed E-state index contributed by atoms with van der Waals surface area (Å²) in [6, 6.07) is 4.14. The minimum Gasteiger partial charge on any atom is -0.317 e. The highest BCUT2D eigenvalue weighted by atomic mass is 15.3. The summed E-state index contributed by atoms with van der Waals surface area (Å²) in [5.74, 6) is 0.990. The largest absolute Gasteiger partial charge is 0.317 e. The summed E-state index contributed by atoms with van der Waals surface area (Å²) in [7, 11) is 0. The number of piperazine rings is 1. The van der Waals surface area contributed by atoms with Crippen LogP contribution >= 0.6 is 0 Å². The van der Waals surface area contributed by atoms with Gasteiger partial charge >= 0.3 is 0 Å². The van der Waals surface area contributed by atoms with Gasteiger partial charge in [0.1, 0.15) is 12.2 Å². The first-order chi connectivity index (χ1) is 10.7. The van der Waals surface area contributed by atoms with Crippen molar-refractivity contribution < 1.29 is 0 Å². The van der Waals surface area contributed by atoms with Crippen LogP contribution in [0, 0.1) is 13.8 Å². The van der Waals surface area contributed by atoms with Gasteiger partial charge in [0.25, 0.3) is 0 Å². The summed E-state index contributed by atoms with van der Waals surface area (Å²) in [4.78, 5) is 9.51. The molecule has 0 unspecified atom stereocenters. The van der Waals surface area contributed by atoms with Gasteiger partial charge in [-0.2, -0.15) is 0 Å². The van der Waals surface area contributed by atoms with Gasteiger partial charge in [-0.25, -0.2) is 0 Å². The molecule has 6 heteroatoms. The molecule has 3 heterocycles. The Morgan fingerprint density at radius 2 is 1.82 bits per heavy atom. The highest BCUT2D eigenvalue weighted by Gasteiger charge is 2.17. The van der Waals surface area contributed by atoms with Crippen molar-refractivity contribution in [3.63, 3.8) is 0 Å². The second-order valence-electron chi connectivity index (χ2n) is 5.96. The lowest BCUT2D eigenvalue weighted by Gasteiger charge is -2.34. The number of pyridine rings is 1. The molecular formula is C16H24N6. The van der Waals surface area contributed by atoms with Crippen LogP contribution in [0.25, 0.3) is 0 Å². The van der Waals surface area contributed by atoms with E-state index >= 15 is 0 Å². The van der Waals surface area contributed by atoms with Crippen LogP contribution in [0.5, 0.6) is 0 Å². The Morgan fingerprint density at radius 1 is 1.05 bits per heavy atom. The lowest BCUT2D eigenvalue weighted by molar-refractivity contribution is 0.122. The molecule has 0 atom stereocenters. The Morgan fingerprint density at radius 3 is 2.50 bits per heavy atom. The van der Waals surface area contributed by atoms with Crippen LogP contribution in [-0.4, -0.2) is 62.3 Å². The Bertz CT molecular complexity index is 600. The summed E-state index contributed by atoms with van der Waals surface area (Å²) in [5, 5.41) is 7.96. The molecule has 2 aromatic heterocycles. The monoisotopic (exact) mass is 300 g/mol. The average Bonchev–Trinajstić information content (AvgIpc) is 2.94. The Hall–Kier alpha value is -1.79. The summed E-state index contributed by atoms with van der Waals surface area (Å²) in [5.41, 5.74) is 2.49. The van der Waals surface area contributed by atoms with Crippen molar-refractivity contribution in [1.82, 2.24) is 29.5 Å². The van der Waals surface area contributed by atoms with E-state index in [0.29, 0.717) is 0 Å². The van der Waals surface area contributed by atoms with Crippen molar-refractivity contribution >= 4 is 0 Å². The summed E-state index contributed by atoms with van der Waals surface area (Å²) >= 11 is 0. The van der Waals surface area contributed by atoms with E-state index in [1.807, 2.05) is 25.5 Å². The molecule has 1 fully saturated rings. The molecular weight excluding hydrogens is 276 g/mol. The molecule has 1 aliphatic rings. The molecule has 22 heavy (non-hydrogen) atoms. The lowest BCUT2D eigenvalue weighted by atomic mass is 10.2. The molecule has 0 spiro atoms. The van der Waals surface area contributed by atoms with E-state index in [4.69, 9.17) is 0 Å². The summed E-state index contributed by atoms with van der Waals surface area (Å²) in [6.07, 6.45) is 3.70. The van der Waals surface area contributed by atoms with Crippen LogP contribution in [0.1, 0.15) is 17.1 Å². The van der Waals surface area contributed by atoms with E-state index in [0.717, 1.165) is 51.6 Å². The lowest BCUT2D eigenvalue weighted by Crippen LogP contribution is -2.46. The zero-order valence-electron chi connectivity index (χ0n) is 13.4. The van der Waals surface area contributed by atoms with Crippen molar-refractivity contribution in [2.24, 2.45) is 0 Å². The van der Waals surface area contributed by atoms with Gasteiger partial charge in [-0.3, -0.25) is 14.8 Å². The standard InChI is InChI=1S/C16H24N6/c1-14-4-3-5-17-16(14)12-21-8-6-20(7-9-21)10-11-22-13-18-19-15(22)2/h3-5,13H,6-12H2,1-2H3. The molecule has 3 rings (SSSR count). The third-order valence-electron chi connectivity index (χ3n) is 4.42. The zero-order valence-corrected chi connectivity index (χ0v) is 13.4. The third-order valence-corrected chi connectivity index (χ3v) is 4.42. The number of rotatable bonds is 5. The zero-order chi connectivity index (χ0) is 15.4. The molecule has 2 aromatic rings. The van der Waals surface area contributed by atoms with Crippen LogP contribution in [0.15, 0.2) is 24.7 Å². The van der Waals surface area contributed by atoms with Gasteiger partial charge in [-0.15, -0.1) is 10.2 Å². The smallest absolute Gasteiger partial charge is 0.129 e. The highest BCUT2D eigenvalue weighted by molar-refractivity contribution is 5.17. The molecule has 6 nitrogen and oxygen atoms in total. The number of hydrogen-bond donors (Lipinski definition) is 0. The molecule has 118 valence electrons. The van der Waals surface area contributed by atoms with Gasteiger partial charge in [0, 0.05) is 52.0 Å². The molecule has 0 N–H and O–H groups in total. The van der Waals surface area contributed by atoms with Gasteiger partial charge in [-0.1, -0.05) is 6.07 Å². The van der Waals surface area contributed by atoms with Gasteiger partial charge in [0.05, 0.1) is 5.69 Å². The maximum Gasteiger partial charge on any atom is 0.129 e. The molecule has 1 saturated heterocycles. The van der Waals surface area contributed by atoms with Crippen LogP contribution in [0.4, 0.5) is 0 Å². The molecule has 0 radical (unpaired) electrons. The van der Waals surface area contributed by atoms with Crippen LogP contribution < -0.4 is 0 Å². The van der Waals surface area contributed by atoms with E-state index in [2.05, 4.69) is 42.5 Å². The van der Waals surface area contributed by atoms with Crippen LogP contribution in [0.2, 0.25) is 0 Å². The average molecular weight is 300 g/mol. The number of hydrogen-bond acceptors (Lipinski definition) is 5. The fourth-order valence-corrected chi connectivity index (χ4v) is 2.85. The molecule has 0 aliphatic carbocycles. The number of aromatic nitrogens is 4. The van der Waals surface area contributed by atoms with Crippen LogP contribution in [0.3, 0.4) is 0 Å². The van der Waals surface area contributed by atoms with Gasteiger partial charge in [-0.05, 0) is 25.5 Å². The maximum atomic E-state index is 4.50. The first kappa shape index (κ1) is 15.1. The maximum absolute atomic E-state index is 4.50. The minimum absolute atomic E-state index is 0.963. The molecule has 0 aromatic carbocycles. The van der Waals surface area contributed by atoms with Crippen molar-refractivity contribution in [3.05, 3.63) is 41.7 Å². The highest BCUT2D eigenvalue weighted by Crippen LogP contribution is 2.10. The van der Waals surface area contributed by atoms with Gasteiger partial charge in [0.2, 0.25) is 0 Å². The van der Waals surface area contributed by atoms with E-state index in [1.54, 1.807) is 0 Å². The summed E-state index contributed by atoms with van der Waals surface area (Å²) in [6.45, 7) is 11.6. The van der Waals surface area contributed by atoms with Crippen LogP contribution in [-0.2, 0) is 13.1 Å². The predicted molar refractivity (Wildman–Crippen MR) is 85.5 cm³/mol. The second kappa shape index (κ2) is 6.98. The number of aryl methyl sites for hydroxylation is 2. The van der Waals surface area contributed by atoms with E-state index < -0.39 is 0 Å². The first-order valence-corrected chi connectivity index (χ1v) is 7.92. The molecule has 1 aliphatic heterocycles. The topological polar surface area (TPSA) is 50.1 Å². The van der Waals surface area contributed by atoms with Crippen molar-refractivity contribution in [3.8, 4) is 0 Å². The van der Waals surface area contributed by atoms with Gasteiger partial charge < -0.3 is 4.57 Å². The van der Waals surface area contributed by atoms with E-state index in [9.17, 15) is 0 Å². The molecule has 0 bridgehead atoms. The van der Waals surface area contributed by atoms with Crippen molar-refractivity contribution in [2.45, 2.75) is 26.9 Å². The van der Waals surface area contributed by atoms with Crippen molar-refractivity contribution in [2.75, 3.05) is 32.7 Å². The Labute approximate surface area is 131 Å². The SMILES string of the molecule is Cc1cccnc1CN1CCN(CCn2cnnc2C)CC1. The third kappa shape index (κ3) is 3.69. The second-order valence-corrected chi connectivity index (χ2v) is 5.96. The quantitative estimate of drug-likeness (QED) is 0.828. The number of nitrogens with zero attached hydrogens (tertiary/aromatic N) is 6. The van der Waals surface area contributed by atoms with E-state index in [1.165, 1.54) is 11.3 Å². The van der Waals surface area contributed by atoms with Gasteiger partial charge in [0.15, 0.2) is 0 Å². The summed E-state index contributed by atoms with van der Waals surface area (Å²) < 4.78 is 2.11. The first-order valence-electron chi connectivity index (χ1n) is 7.92. The van der Waals surface area contributed by atoms with E-state index in [-0.39, 0.29) is 0 Å². The molecule has 0 amide bonds. The fraction of sp³-hybridized carbons (Fsp3) is 0.562. The normalized spacial score (nSPS) is 17.0. The molecule has 0 saturated carbocycles. The predicted octanol–water partition coefficient (Wildman–Crippen LogP) is 1.11. The minimum atomic E-state index is 0.963. The Balaban J connectivity index is 1.44. The fourth-order valence-electron chi connectivity index (χ4n) is 2.85. The Kier molecular flexibility index (Phi) is 4.80.